The topological polar surface area (TPSA) is 66.5 Å². The lowest BCUT2D eigenvalue weighted by Gasteiger charge is -2.30. The molecule has 2 atom stereocenters. The van der Waals surface area contributed by atoms with Gasteiger partial charge in [-0.25, -0.2) is 17.2 Å². The van der Waals surface area contributed by atoms with Gasteiger partial charge in [-0.05, 0) is 49.6 Å². The van der Waals surface area contributed by atoms with Gasteiger partial charge in [0.1, 0.15) is 6.04 Å². The Morgan fingerprint density at radius 1 is 0.939 bits per heavy atom. The van der Waals surface area contributed by atoms with E-state index in [-0.39, 0.29) is 5.69 Å². The SMILES string of the molecule is Cc1ccc([C@H](NC(=O)[C@H](C)N(c2ccc(F)c(F)c2)S(C)(=O)=O)c2ccccc2)c(C)c1. The van der Waals surface area contributed by atoms with Crippen LogP contribution in [0.15, 0.2) is 66.7 Å². The molecule has 0 aromatic heterocycles. The van der Waals surface area contributed by atoms with Crippen LogP contribution in [0.4, 0.5) is 14.5 Å². The number of amides is 1. The zero-order valence-corrected chi connectivity index (χ0v) is 19.7. The van der Waals surface area contributed by atoms with E-state index in [1.807, 2.05) is 62.4 Å². The Kier molecular flexibility index (Phi) is 7.17. The normalized spacial score (nSPS) is 13.3. The highest BCUT2D eigenvalue weighted by atomic mass is 32.2. The molecule has 5 nitrogen and oxygen atoms in total. The lowest BCUT2D eigenvalue weighted by Crippen LogP contribution is -2.49. The van der Waals surface area contributed by atoms with E-state index in [1.54, 1.807) is 0 Å². The number of hydrogen-bond donors (Lipinski definition) is 1. The van der Waals surface area contributed by atoms with Crippen LogP contribution < -0.4 is 9.62 Å². The van der Waals surface area contributed by atoms with Gasteiger partial charge in [0.25, 0.3) is 0 Å². The summed E-state index contributed by atoms with van der Waals surface area (Å²) in [5.41, 5.74) is 3.60. The molecule has 0 unspecified atom stereocenters. The first kappa shape index (κ1) is 24.4. The van der Waals surface area contributed by atoms with Crippen LogP contribution >= 0.6 is 0 Å². The van der Waals surface area contributed by atoms with E-state index < -0.39 is 39.6 Å². The highest BCUT2D eigenvalue weighted by Gasteiger charge is 2.31. The van der Waals surface area contributed by atoms with Crippen molar-refractivity contribution in [3.05, 3.63) is 101 Å². The summed E-state index contributed by atoms with van der Waals surface area (Å²) < 4.78 is 53.1. The van der Waals surface area contributed by atoms with Crippen LogP contribution in [-0.2, 0) is 14.8 Å². The number of halogens is 2. The number of nitrogens with one attached hydrogen (secondary N) is 1. The van der Waals surface area contributed by atoms with E-state index in [4.69, 9.17) is 0 Å². The first-order valence-electron chi connectivity index (χ1n) is 10.4. The summed E-state index contributed by atoms with van der Waals surface area (Å²) >= 11 is 0. The average molecular weight is 473 g/mol. The maximum Gasteiger partial charge on any atom is 0.244 e. The monoisotopic (exact) mass is 472 g/mol. The van der Waals surface area contributed by atoms with Crippen molar-refractivity contribution in [3.63, 3.8) is 0 Å². The van der Waals surface area contributed by atoms with E-state index in [2.05, 4.69) is 5.32 Å². The zero-order valence-electron chi connectivity index (χ0n) is 18.8. The molecule has 0 heterocycles. The van der Waals surface area contributed by atoms with Crippen molar-refractivity contribution in [1.82, 2.24) is 5.32 Å². The maximum atomic E-state index is 13.8. The van der Waals surface area contributed by atoms with Gasteiger partial charge < -0.3 is 5.32 Å². The number of hydrogen-bond acceptors (Lipinski definition) is 3. The lowest BCUT2D eigenvalue weighted by atomic mass is 9.93. The Morgan fingerprint density at radius 3 is 2.18 bits per heavy atom. The minimum absolute atomic E-state index is 0.137. The molecule has 33 heavy (non-hydrogen) atoms. The number of carbonyl (C=O) groups is 1. The van der Waals surface area contributed by atoms with E-state index in [0.717, 1.165) is 51.0 Å². The number of aryl methyl sites for hydroxylation is 2. The van der Waals surface area contributed by atoms with Crippen LogP contribution in [0.5, 0.6) is 0 Å². The molecular weight excluding hydrogens is 446 g/mol. The molecule has 174 valence electrons. The van der Waals surface area contributed by atoms with Gasteiger partial charge in [0.15, 0.2) is 11.6 Å². The highest BCUT2D eigenvalue weighted by Crippen LogP contribution is 2.28. The Labute approximate surface area is 193 Å². The van der Waals surface area contributed by atoms with Crippen LogP contribution in [0, 0.1) is 25.5 Å². The first-order chi connectivity index (χ1) is 15.5. The summed E-state index contributed by atoms with van der Waals surface area (Å²) in [7, 11) is -3.99. The summed E-state index contributed by atoms with van der Waals surface area (Å²) in [6.07, 6.45) is 0.914. The van der Waals surface area contributed by atoms with Gasteiger partial charge in [-0.2, -0.15) is 0 Å². The van der Waals surface area contributed by atoms with Gasteiger partial charge in [-0.1, -0.05) is 54.1 Å². The smallest absolute Gasteiger partial charge is 0.244 e. The van der Waals surface area contributed by atoms with Crippen LogP contribution in [0.2, 0.25) is 0 Å². The fourth-order valence-corrected chi connectivity index (χ4v) is 5.00. The van der Waals surface area contributed by atoms with Gasteiger partial charge in [-0.3, -0.25) is 9.10 Å². The van der Waals surface area contributed by atoms with Gasteiger partial charge in [0.05, 0.1) is 18.0 Å². The first-order valence-corrected chi connectivity index (χ1v) is 12.2. The van der Waals surface area contributed by atoms with Crippen LogP contribution in [0.1, 0.15) is 35.2 Å². The predicted molar refractivity (Wildman–Crippen MR) is 125 cm³/mol. The van der Waals surface area contributed by atoms with E-state index in [0.29, 0.717) is 0 Å². The van der Waals surface area contributed by atoms with E-state index >= 15 is 0 Å². The van der Waals surface area contributed by atoms with Gasteiger partial charge in [-0.15, -0.1) is 0 Å². The summed E-state index contributed by atoms with van der Waals surface area (Å²) in [4.78, 5) is 13.3. The lowest BCUT2D eigenvalue weighted by molar-refractivity contribution is -0.122. The summed E-state index contributed by atoms with van der Waals surface area (Å²) in [5.74, 6) is -2.89. The Morgan fingerprint density at radius 2 is 1.61 bits per heavy atom. The number of carbonyl (C=O) groups excluding carboxylic acids is 1. The number of benzene rings is 3. The fraction of sp³-hybridized carbons (Fsp3) is 0.240. The fourth-order valence-electron chi connectivity index (χ4n) is 3.83. The van der Waals surface area contributed by atoms with Gasteiger partial charge in [0.2, 0.25) is 15.9 Å². The summed E-state index contributed by atoms with van der Waals surface area (Å²) in [6.45, 7) is 5.32. The van der Waals surface area contributed by atoms with Crippen molar-refractivity contribution < 1.29 is 22.0 Å². The molecule has 0 radical (unpaired) electrons. The number of rotatable bonds is 7. The predicted octanol–water partition coefficient (Wildman–Crippen LogP) is 4.64. The third-order valence-corrected chi connectivity index (χ3v) is 6.64. The third kappa shape index (κ3) is 5.57. The van der Waals surface area contributed by atoms with Crippen molar-refractivity contribution in [2.45, 2.75) is 32.9 Å². The second-order valence-corrected chi connectivity index (χ2v) is 9.90. The minimum atomic E-state index is -3.99. The van der Waals surface area contributed by atoms with Gasteiger partial charge >= 0.3 is 0 Å². The van der Waals surface area contributed by atoms with Crippen molar-refractivity contribution >= 4 is 21.6 Å². The second-order valence-electron chi connectivity index (χ2n) is 8.05. The molecule has 1 N–H and O–H groups in total. The standard InChI is InChI=1S/C25H26F2N2O3S/c1-16-10-12-21(17(2)14-16)24(19-8-6-5-7-9-19)28-25(30)18(3)29(33(4,31)32)20-11-13-22(26)23(27)15-20/h5-15,18,24H,1-4H3,(H,28,30)/t18-,24+/m0/s1. The molecule has 0 aliphatic rings. The van der Waals surface area contributed by atoms with Crippen LogP contribution in [0.3, 0.4) is 0 Å². The zero-order chi connectivity index (χ0) is 24.3. The molecule has 0 aliphatic carbocycles. The third-order valence-electron chi connectivity index (χ3n) is 5.40. The summed E-state index contributed by atoms with van der Waals surface area (Å²) in [5, 5.41) is 2.95. The van der Waals surface area contributed by atoms with Crippen molar-refractivity contribution in [2.75, 3.05) is 10.6 Å². The minimum Gasteiger partial charge on any atom is -0.343 e. The van der Waals surface area contributed by atoms with Crippen molar-refractivity contribution in [1.29, 1.82) is 0 Å². The average Bonchev–Trinajstić information content (AvgIpc) is 2.74. The van der Waals surface area contributed by atoms with E-state index in [9.17, 15) is 22.0 Å². The molecular formula is C25H26F2N2O3S. The van der Waals surface area contributed by atoms with Gasteiger partial charge in [0, 0.05) is 6.07 Å². The molecule has 3 aromatic carbocycles. The maximum absolute atomic E-state index is 13.8. The van der Waals surface area contributed by atoms with Crippen LogP contribution in [-0.4, -0.2) is 26.6 Å². The molecule has 0 spiro atoms. The molecule has 0 fully saturated rings. The molecule has 0 aliphatic heterocycles. The quantitative estimate of drug-likeness (QED) is 0.545. The highest BCUT2D eigenvalue weighted by molar-refractivity contribution is 7.92. The Hall–Kier alpha value is -3.26. The molecule has 3 aromatic rings. The van der Waals surface area contributed by atoms with Crippen molar-refractivity contribution in [3.8, 4) is 0 Å². The molecule has 3 rings (SSSR count). The Bertz CT molecular complexity index is 1260. The number of sulfonamides is 1. The van der Waals surface area contributed by atoms with Crippen LogP contribution in [0.25, 0.3) is 0 Å². The molecule has 0 saturated heterocycles. The number of anilines is 1. The Balaban J connectivity index is 2.00. The molecule has 0 saturated carbocycles. The molecule has 1 amide bonds. The second kappa shape index (κ2) is 9.70. The largest absolute Gasteiger partial charge is 0.343 e. The molecule has 0 bridgehead atoms. The molecule has 8 heteroatoms. The number of nitrogens with zero attached hydrogens (tertiary/aromatic N) is 1. The summed E-state index contributed by atoms with van der Waals surface area (Å²) in [6, 6.07) is 16.2. The van der Waals surface area contributed by atoms with Crippen molar-refractivity contribution in [2.24, 2.45) is 0 Å². The van der Waals surface area contributed by atoms with E-state index in [1.165, 1.54) is 6.92 Å².